The van der Waals surface area contributed by atoms with Crippen molar-refractivity contribution in [1.82, 2.24) is 0 Å². The zero-order chi connectivity index (χ0) is 13.8. The van der Waals surface area contributed by atoms with Gasteiger partial charge < -0.3 is 16.2 Å². The van der Waals surface area contributed by atoms with Gasteiger partial charge in [0.15, 0.2) is 0 Å². The Bertz CT molecular complexity index is 609. The van der Waals surface area contributed by atoms with Crippen molar-refractivity contribution in [2.75, 3.05) is 5.32 Å². The molecule has 2 aromatic rings. The van der Waals surface area contributed by atoms with E-state index in [-0.39, 0.29) is 5.56 Å². The second-order valence-electron chi connectivity index (χ2n) is 4.29. The van der Waals surface area contributed by atoms with Crippen molar-refractivity contribution >= 4 is 17.3 Å². The number of hydrogen-bond acceptors (Lipinski definition) is 3. The second kappa shape index (κ2) is 5.54. The van der Waals surface area contributed by atoms with Crippen LogP contribution in [0.1, 0.15) is 21.5 Å². The van der Waals surface area contributed by atoms with E-state index in [0.29, 0.717) is 12.2 Å². The summed E-state index contributed by atoms with van der Waals surface area (Å²) < 4.78 is 0. The Kier molecular flexibility index (Phi) is 3.82. The molecule has 0 spiro atoms. The maximum absolute atomic E-state index is 11.3. The quantitative estimate of drug-likeness (QED) is 0.786. The fraction of sp³-hybridized carbons (Fsp3) is 0.133. The molecule has 0 aromatic heterocycles. The third-order valence-electron chi connectivity index (χ3n) is 3.00. The molecule has 4 N–H and O–H groups in total. The predicted molar refractivity (Wildman–Crippen MR) is 75.8 cm³/mol. The Hall–Kier alpha value is -2.33. The first-order valence-corrected chi connectivity index (χ1v) is 6.01. The molecule has 2 rings (SSSR count). The number of carbonyl (C=O) groups is 1. The zero-order valence-corrected chi connectivity index (χ0v) is 10.7. The largest absolute Gasteiger partial charge is 0.478 e. The maximum atomic E-state index is 11.3. The number of benzene rings is 2. The molecule has 0 aliphatic heterocycles. The van der Waals surface area contributed by atoms with Crippen LogP contribution in [0.5, 0.6) is 0 Å². The van der Waals surface area contributed by atoms with E-state index in [0.717, 1.165) is 16.8 Å². The Morgan fingerprint density at radius 2 is 1.95 bits per heavy atom. The fourth-order valence-electron chi connectivity index (χ4n) is 1.97. The molecule has 4 heteroatoms. The van der Waals surface area contributed by atoms with Gasteiger partial charge in [0.2, 0.25) is 0 Å². The van der Waals surface area contributed by atoms with Gasteiger partial charge in [-0.05, 0) is 30.2 Å². The molecule has 98 valence electrons. The number of aromatic carboxylic acids is 1. The van der Waals surface area contributed by atoms with Crippen LogP contribution in [-0.4, -0.2) is 11.1 Å². The van der Waals surface area contributed by atoms with Gasteiger partial charge in [-0.25, -0.2) is 4.79 Å². The lowest BCUT2D eigenvalue weighted by Gasteiger charge is -2.15. The van der Waals surface area contributed by atoms with Crippen molar-refractivity contribution in [3.05, 3.63) is 59.2 Å². The second-order valence-corrected chi connectivity index (χ2v) is 4.29. The number of anilines is 2. The highest BCUT2D eigenvalue weighted by atomic mass is 16.4. The average molecular weight is 256 g/mol. The van der Waals surface area contributed by atoms with Crippen LogP contribution in [0.2, 0.25) is 0 Å². The number of carboxylic acid groups (broad SMARTS) is 1. The van der Waals surface area contributed by atoms with Crippen LogP contribution in [0.4, 0.5) is 11.4 Å². The van der Waals surface area contributed by atoms with E-state index in [1.807, 2.05) is 37.3 Å². The average Bonchev–Trinajstić information content (AvgIpc) is 2.41. The molecule has 0 bridgehead atoms. The van der Waals surface area contributed by atoms with E-state index in [1.165, 1.54) is 0 Å². The van der Waals surface area contributed by atoms with Crippen LogP contribution in [0.15, 0.2) is 42.5 Å². The molecule has 0 radical (unpaired) electrons. The highest BCUT2D eigenvalue weighted by Gasteiger charge is 2.12. The van der Waals surface area contributed by atoms with Crippen LogP contribution in [0.25, 0.3) is 0 Å². The van der Waals surface area contributed by atoms with Crippen LogP contribution < -0.4 is 11.1 Å². The van der Waals surface area contributed by atoms with Gasteiger partial charge >= 0.3 is 5.97 Å². The Balaban J connectivity index is 2.46. The monoisotopic (exact) mass is 256 g/mol. The minimum atomic E-state index is -0.948. The third-order valence-corrected chi connectivity index (χ3v) is 3.00. The SMILES string of the molecule is Cc1cccc(C(=O)O)c1Nc1ccccc1CN. The number of para-hydroxylation sites is 2. The van der Waals surface area contributed by atoms with Gasteiger partial charge in [0, 0.05) is 12.2 Å². The molecule has 0 aliphatic carbocycles. The molecule has 0 saturated carbocycles. The lowest BCUT2D eigenvalue weighted by Crippen LogP contribution is -2.07. The van der Waals surface area contributed by atoms with Crippen LogP contribution >= 0.6 is 0 Å². The summed E-state index contributed by atoms with van der Waals surface area (Å²) in [4.78, 5) is 11.3. The summed E-state index contributed by atoms with van der Waals surface area (Å²) >= 11 is 0. The molecule has 4 nitrogen and oxygen atoms in total. The van der Waals surface area contributed by atoms with Gasteiger partial charge in [0.25, 0.3) is 0 Å². The van der Waals surface area contributed by atoms with Gasteiger partial charge in [-0.3, -0.25) is 0 Å². The Morgan fingerprint density at radius 3 is 2.63 bits per heavy atom. The van der Waals surface area contributed by atoms with E-state index in [9.17, 15) is 9.90 Å². The number of hydrogen-bond donors (Lipinski definition) is 3. The molecular weight excluding hydrogens is 240 g/mol. The summed E-state index contributed by atoms with van der Waals surface area (Å²) in [6.07, 6.45) is 0. The highest BCUT2D eigenvalue weighted by molar-refractivity contribution is 5.96. The fourth-order valence-corrected chi connectivity index (χ4v) is 1.97. The van der Waals surface area contributed by atoms with E-state index < -0.39 is 5.97 Å². The standard InChI is InChI=1S/C15H16N2O2/c1-10-5-4-7-12(15(18)19)14(10)17-13-8-3-2-6-11(13)9-16/h2-8,17H,9,16H2,1H3,(H,18,19). The minimum Gasteiger partial charge on any atom is -0.478 e. The molecule has 0 heterocycles. The van der Waals surface area contributed by atoms with Crippen LogP contribution in [0, 0.1) is 6.92 Å². The first-order chi connectivity index (χ1) is 9.13. The summed E-state index contributed by atoms with van der Waals surface area (Å²) in [6, 6.07) is 12.8. The number of rotatable bonds is 4. The first kappa shape index (κ1) is 13.1. The van der Waals surface area contributed by atoms with Crippen molar-refractivity contribution in [3.63, 3.8) is 0 Å². The Labute approximate surface area is 111 Å². The van der Waals surface area contributed by atoms with Gasteiger partial charge in [0.05, 0.1) is 11.3 Å². The van der Waals surface area contributed by atoms with Crippen molar-refractivity contribution < 1.29 is 9.90 Å². The van der Waals surface area contributed by atoms with Crippen molar-refractivity contribution in [3.8, 4) is 0 Å². The molecule has 0 unspecified atom stereocenters. The normalized spacial score (nSPS) is 10.2. The third kappa shape index (κ3) is 2.74. The van der Waals surface area contributed by atoms with E-state index in [1.54, 1.807) is 12.1 Å². The summed E-state index contributed by atoms with van der Waals surface area (Å²) in [5.74, 6) is -0.948. The van der Waals surface area contributed by atoms with Gasteiger partial charge in [-0.15, -0.1) is 0 Å². The summed E-state index contributed by atoms with van der Waals surface area (Å²) in [7, 11) is 0. The smallest absolute Gasteiger partial charge is 0.337 e. The topological polar surface area (TPSA) is 75.3 Å². The van der Waals surface area contributed by atoms with Crippen molar-refractivity contribution in [2.24, 2.45) is 5.73 Å². The molecule has 2 aromatic carbocycles. The lowest BCUT2D eigenvalue weighted by molar-refractivity contribution is 0.0698. The van der Waals surface area contributed by atoms with Crippen molar-refractivity contribution in [2.45, 2.75) is 13.5 Å². The maximum Gasteiger partial charge on any atom is 0.337 e. The number of nitrogens with one attached hydrogen (secondary N) is 1. The van der Waals surface area contributed by atoms with Crippen LogP contribution in [-0.2, 0) is 6.54 Å². The van der Waals surface area contributed by atoms with Gasteiger partial charge in [-0.1, -0.05) is 30.3 Å². The zero-order valence-electron chi connectivity index (χ0n) is 10.7. The van der Waals surface area contributed by atoms with Crippen LogP contribution in [0.3, 0.4) is 0 Å². The first-order valence-electron chi connectivity index (χ1n) is 6.01. The summed E-state index contributed by atoms with van der Waals surface area (Å²) in [6.45, 7) is 2.28. The Morgan fingerprint density at radius 1 is 1.21 bits per heavy atom. The van der Waals surface area contributed by atoms with E-state index >= 15 is 0 Å². The van der Waals surface area contributed by atoms with Gasteiger partial charge in [-0.2, -0.15) is 0 Å². The number of carboxylic acids is 1. The summed E-state index contributed by atoms with van der Waals surface area (Å²) in [5, 5.41) is 12.4. The molecule has 0 aliphatic rings. The van der Waals surface area contributed by atoms with Crippen molar-refractivity contribution in [1.29, 1.82) is 0 Å². The molecule has 19 heavy (non-hydrogen) atoms. The summed E-state index contributed by atoms with van der Waals surface area (Å²) in [5.41, 5.74) is 9.21. The molecule has 0 atom stereocenters. The number of aryl methyl sites for hydroxylation is 1. The van der Waals surface area contributed by atoms with Gasteiger partial charge in [0.1, 0.15) is 0 Å². The molecular formula is C15H16N2O2. The van der Waals surface area contributed by atoms with E-state index in [4.69, 9.17) is 5.73 Å². The highest BCUT2D eigenvalue weighted by Crippen LogP contribution is 2.26. The lowest BCUT2D eigenvalue weighted by atomic mass is 10.1. The van der Waals surface area contributed by atoms with E-state index in [2.05, 4.69) is 5.32 Å². The number of nitrogens with two attached hydrogens (primary N) is 1. The molecule has 0 saturated heterocycles. The predicted octanol–water partition coefficient (Wildman–Crippen LogP) is 2.90. The molecule has 0 fully saturated rings. The molecule has 0 amide bonds. The minimum absolute atomic E-state index is 0.256.